The van der Waals surface area contributed by atoms with Crippen LogP contribution in [0.25, 0.3) is 0 Å². The molecule has 1 aromatic carbocycles. The summed E-state index contributed by atoms with van der Waals surface area (Å²) < 4.78 is 10.3. The molecule has 0 bridgehead atoms. The summed E-state index contributed by atoms with van der Waals surface area (Å²) in [4.78, 5) is 11.8. The highest BCUT2D eigenvalue weighted by Crippen LogP contribution is 2.38. The predicted octanol–water partition coefficient (Wildman–Crippen LogP) is 2.30. The summed E-state index contributed by atoms with van der Waals surface area (Å²) in [5, 5.41) is 2.88. The van der Waals surface area contributed by atoms with Crippen molar-refractivity contribution in [1.29, 1.82) is 0 Å². The molecule has 1 amide bonds. The van der Waals surface area contributed by atoms with Gasteiger partial charge in [0.25, 0.3) is 0 Å². The smallest absolute Gasteiger partial charge is 0.227 e. The third-order valence-electron chi connectivity index (χ3n) is 3.07. The Hall–Kier alpha value is -1.71. The van der Waals surface area contributed by atoms with Crippen molar-refractivity contribution < 1.29 is 14.3 Å². The fourth-order valence-electron chi connectivity index (χ4n) is 1.80. The number of rotatable bonds is 4. The molecule has 2 rings (SSSR count). The summed E-state index contributed by atoms with van der Waals surface area (Å²) in [5.41, 5.74) is 0.713. The SMILES string of the molecule is COc1cc(NC(=O)[C@H]2C[C@H]2C)cc(OC)c1. The first-order chi connectivity index (χ1) is 8.13. The van der Waals surface area contributed by atoms with Gasteiger partial charge in [-0.2, -0.15) is 0 Å². The maximum absolute atomic E-state index is 11.8. The van der Waals surface area contributed by atoms with Crippen LogP contribution in [-0.4, -0.2) is 20.1 Å². The van der Waals surface area contributed by atoms with Gasteiger partial charge in [0.05, 0.1) is 14.2 Å². The van der Waals surface area contributed by atoms with Gasteiger partial charge in [0.1, 0.15) is 11.5 Å². The lowest BCUT2D eigenvalue weighted by Crippen LogP contribution is -2.14. The van der Waals surface area contributed by atoms with Gasteiger partial charge in [-0.15, -0.1) is 0 Å². The van der Waals surface area contributed by atoms with E-state index in [1.54, 1.807) is 32.4 Å². The number of hydrogen-bond acceptors (Lipinski definition) is 3. The highest BCUT2D eigenvalue weighted by atomic mass is 16.5. The van der Waals surface area contributed by atoms with Crippen LogP contribution in [0.4, 0.5) is 5.69 Å². The fourth-order valence-corrected chi connectivity index (χ4v) is 1.80. The van der Waals surface area contributed by atoms with E-state index in [9.17, 15) is 4.79 Å². The predicted molar refractivity (Wildman–Crippen MR) is 65.4 cm³/mol. The van der Waals surface area contributed by atoms with E-state index < -0.39 is 0 Å². The number of benzene rings is 1. The number of methoxy groups -OCH3 is 2. The van der Waals surface area contributed by atoms with Crippen LogP contribution in [0.2, 0.25) is 0 Å². The quantitative estimate of drug-likeness (QED) is 0.871. The Balaban J connectivity index is 2.11. The van der Waals surface area contributed by atoms with Gasteiger partial charge in [0.2, 0.25) is 5.91 Å². The minimum absolute atomic E-state index is 0.0767. The molecule has 0 heterocycles. The highest BCUT2D eigenvalue weighted by molar-refractivity contribution is 5.94. The number of carbonyl (C=O) groups excluding carboxylic acids is 1. The zero-order valence-corrected chi connectivity index (χ0v) is 10.3. The number of carbonyl (C=O) groups is 1. The van der Waals surface area contributed by atoms with Gasteiger partial charge < -0.3 is 14.8 Å². The molecule has 1 aromatic rings. The number of nitrogens with one attached hydrogen (secondary N) is 1. The van der Waals surface area contributed by atoms with Gasteiger partial charge in [-0.05, 0) is 12.3 Å². The van der Waals surface area contributed by atoms with Crippen LogP contribution in [0.1, 0.15) is 13.3 Å². The Morgan fingerprint density at radius 1 is 1.24 bits per heavy atom. The minimum atomic E-state index is 0.0767. The average molecular weight is 235 g/mol. The van der Waals surface area contributed by atoms with Crippen molar-refractivity contribution in [1.82, 2.24) is 0 Å². The minimum Gasteiger partial charge on any atom is -0.497 e. The average Bonchev–Trinajstić information content (AvgIpc) is 3.06. The third kappa shape index (κ3) is 2.70. The van der Waals surface area contributed by atoms with E-state index in [0.717, 1.165) is 6.42 Å². The van der Waals surface area contributed by atoms with E-state index in [-0.39, 0.29) is 11.8 Å². The molecule has 1 saturated carbocycles. The van der Waals surface area contributed by atoms with E-state index >= 15 is 0 Å². The highest BCUT2D eigenvalue weighted by Gasteiger charge is 2.39. The van der Waals surface area contributed by atoms with Crippen LogP contribution in [0, 0.1) is 11.8 Å². The van der Waals surface area contributed by atoms with E-state index in [1.165, 1.54) is 0 Å². The largest absolute Gasteiger partial charge is 0.497 e. The molecule has 17 heavy (non-hydrogen) atoms. The Morgan fingerprint density at radius 2 is 1.76 bits per heavy atom. The van der Waals surface area contributed by atoms with Crippen molar-refractivity contribution in [3.05, 3.63) is 18.2 Å². The summed E-state index contributed by atoms with van der Waals surface area (Å²) in [7, 11) is 3.17. The molecule has 2 atom stereocenters. The van der Waals surface area contributed by atoms with Crippen molar-refractivity contribution in [2.45, 2.75) is 13.3 Å². The summed E-state index contributed by atoms with van der Waals surface area (Å²) in [5.74, 6) is 2.08. The lowest BCUT2D eigenvalue weighted by molar-refractivity contribution is -0.117. The van der Waals surface area contributed by atoms with Gasteiger partial charge >= 0.3 is 0 Å². The van der Waals surface area contributed by atoms with Crippen LogP contribution in [0.3, 0.4) is 0 Å². The second kappa shape index (κ2) is 4.65. The standard InChI is InChI=1S/C13H17NO3/c1-8-4-12(8)13(15)14-9-5-10(16-2)7-11(6-9)17-3/h5-8,12H,4H2,1-3H3,(H,14,15)/t8-,12+/m1/s1. The Morgan fingerprint density at radius 3 is 2.18 bits per heavy atom. The molecule has 0 unspecified atom stereocenters. The number of amides is 1. The molecular weight excluding hydrogens is 218 g/mol. The molecule has 1 aliphatic carbocycles. The molecule has 1 N–H and O–H groups in total. The topological polar surface area (TPSA) is 47.6 Å². The first kappa shape index (κ1) is 11.8. The Bertz CT molecular complexity index is 408. The molecule has 4 nitrogen and oxygen atoms in total. The molecule has 0 radical (unpaired) electrons. The van der Waals surface area contributed by atoms with Crippen molar-refractivity contribution in [3.8, 4) is 11.5 Å². The molecule has 0 saturated heterocycles. The third-order valence-corrected chi connectivity index (χ3v) is 3.07. The fraction of sp³-hybridized carbons (Fsp3) is 0.462. The van der Waals surface area contributed by atoms with Crippen molar-refractivity contribution in [2.24, 2.45) is 11.8 Å². The van der Waals surface area contributed by atoms with Gasteiger partial charge in [-0.1, -0.05) is 6.92 Å². The van der Waals surface area contributed by atoms with E-state index in [0.29, 0.717) is 23.1 Å². The molecule has 0 aliphatic heterocycles. The summed E-state index contributed by atoms with van der Waals surface area (Å²) in [6, 6.07) is 5.34. The second-order valence-electron chi connectivity index (χ2n) is 4.41. The maximum Gasteiger partial charge on any atom is 0.227 e. The Labute approximate surface area is 101 Å². The van der Waals surface area contributed by atoms with E-state index in [4.69, 9.17) is 9.47 Å². The van der Waals surface area contributed by atoms with Gasteiger partial charge in [-0.3, -0.25) is 4.79 Å². The summed E-state index contributed by atoms with van der Waals surface area (Å²) in [6.07, 6.45) is 0.979. The van der Waals surface area contributed by atoms with Crippen molar-refractivity contribution in [2.75, 3.05) is 19.5 Å². The lowest BCUT2D eigenvalue weighted by atomic mass is 10.2. The Kier molecular flexibility index (Phi) is 3.22. The van der Waals surface area contributed by atoms with Gasteiger partial charge in [-0.25, -0.2) is 0 Å². The lowest BCUT2D eigenvalue weighted by Gasteiger charge is -2.09. The normalized spacial score (nSPS) is 21.8. The first-order valence-electron chi connectivity index (χ1n) is 5.68. The van der Waals surface area contributed by atoms with Crippen LogP contribution in [-0.2, 0) is 4.79 Å². The summed E-state index contributed by atoms with van der Waals surface area (Å²) in [6.45, 7) is 2.08. The number of ether oxygens (including phenoxy) is 2. The molecule has 1 fully saturated rings. The molecule has 0 spiro atoms. The zero-order chi connectivity index (χ0) is 12.4. The van der Waals surface area contributed by atoms with Crippen LogP contribution in [0.5, 0.6) is 11.5 Å². The summed E-state index contributed by atoms with van der Waals surface area (Å²) >= 11 is 0. The van der Waals surface area contributed by atoms with Crippen molar-refractivity contribution in [3.63, 3.8) is 0 Å². The van der Waals surface area contributed by atoms with Gasteiger partial charge in [0.15, 0.2) is 0 Å². The van der Waals surface area contributed by atoms with E-state index in [1.807, 2.05) is 0 Å². The van der Waals surface area contributed by atoms with Gasteiger partial charge in [0, 0.05) is 29.8 Å². The molecule has 4 heteroatoms. The monoisotopic (exact) mass is 235 g/mol. The second-order valence-corrected chi connectivity index (χ2v) is 4.41. The molecule has 0 aromatic heterocycles. The zero-order valence-electron chi connectivity index (χ0n) is 10.3. The first-order valence-corrected chi connectivity index (χ1v) is 5.68. The maximum atomic E-state index is 11.8. The van der Waals surface area contributed by atoms with Crippen LogP contribution in [0.15, 0.2) is 18.2 Å². The van der Waals surface area contributed by atoms with Crippen molar-refractivity contribution >= 4 is 11.6 Å². The van der Waals surface area contributed by atoms with E-state index in [2.05, 4.69) is 12.2 Å². The number of hydrogen-bond donors (Lipinski definition) is 1. The molecule has 92 valence electrons. The number of anilines is 1. The molecular formula is C13H17NO3. The van der Waals surface area contributed by atoms with Crippen LogP contribution >= 0.6 is 0 Å². The van der Waals surface area contributed by atoms with Crippen LogP contribution < -0.4 is 14.8 Å². The molecule has 1 aliphatic rings.